The van der Waals surface area contributed by atoms with Gasteiger partial charge in [-0.3, -0.25) is 5.10 Å². The summed E-state index contributed by atoms with van der Waals surface area (Å²) in [6, 6.07) is 5.59. The Labute approximate surface area is 153 Å². The van der Waals surface area contributed by atoms with Crippen molar-refractivity contribution in [2.24, 2.45) is 0 Å². The van der Waals surface area contributed by atoms with Crippen LogP contribution < -0.4 is 5.32 Å². The van der Waals surface area contributed by atoms with Gasteiger partial charge in [-0.25, -0.2) is 4.79 Å². The Morgan fingerprint density at radius 3 is 2.76 bits per heavy atom. The fourth-order valence-corrected chi connectivity index (χ4v) is 3.75. The Morgan fingerprint density at radius 1 is 1.28 bits per heavy atom. The van der Waals surface area contributed by atoms with Crippen LogP contribution in [0.15, 0.2) is 18.2 Å². The number of hydrogen-bond donors (Lipinski definition) is 2. The van der Waals surface area contributed by atoms with Crippen LogP contribution in [-0.2, 0) is 0 Å². The number of halogens is 1. The average Bonchev–Trinajstić information content (AvgIpc) is 2.77. The van der Waals surface area contributed by atoms with Crippen LogP contribution >= 0.6 is 11.6 Å². The summed E-state index contributed by atoms with van der Waals surface area (Å²) >= 11 is 6.18. The van der Waals surface area contributed by atoms with Gasteiger partial charge in [0.2, 0.25) is 0 Å². The van der Waals surface area contributed by atoms with Gasteiger partial charge in [-0.2, -0.15) is 5.10 Å². The van der Waals surface area contributed by atoms with Gasteiger partial charge < -0.3 is 10.2 Å². The molecular weight excluding hydrogens is 336 g/mol. The molecule has 1 aliphatic rings. The van der Waals surface area contributed by atoms with Crippen molar-refractivity contribution in [2.45, 2.75) is 52.5 Å². The van der Waals surface area contributed by atoms with E-state index < -0.39 is 0 Å². The lowest BCUT2D eigenvalue weighted by Crippen LogP contribution is -2.38. The third-order valence-corrected chi connectivity index (χ3v) is 5.36. The van der Waals surface area contributed by atoms with E-state index in [-0.39, 0.29) is 12.1 Å². The summed E-state index contributed by atoms with van der Waals surface area (Å²) in [5.74, 6) is 0. The van der Waals surface area contributed by atoms with Crippen molar-refractivity contribution in [1.82, 2.24) is 15.1 Å². The zero-order valence-electron chi connectivity index (χ0n) is 15.0. The van der Waals surface area contributed by atoms with Crippen LogP contribution in [0.2, 0.25) is 5.02 Å². The molecule has 0 bridgehead atoms. The fraction of sp³-hybridized carbons (Fsp3) is 0.474. The molecule has 1 saturated heterocycles. The van der Waals surface area contributed by atoms with Gasteiger partial charge in [-0.1, -0.05) is 30.5 Å². The smallest absolute Gasteiger partial charge is 0.317 e. The second-order valence-electron chi connectivity index (χ2n) is 6.80. The monoisotopic (exact) mass is 360 g/mol. The normalized spacial score (nSPS) is 18.1. The predicted molar refractivity (Wildman–Crippen MR) is 101 cm³/mol. The second kappa shape index (κ2) is 7.48. The maximum Gasteiger partial charge on any atom is 0.322 e. The summed E-state index contributed by atoms with van der Waals surface area (Å²) in [5.41, 5.74) is 4.89. The highest BCUT2D eigenvalue weighted by Crippen LogP contribution is 2.33. The third-order valence-electron chi connectivity index (χ3n) is 4.96. The molecule has 0 spiro atoms. The Kier molecular flexibility index (Phi) is 5.33. The van der Waals surface area contributed by atoms with E-state index in [4.69, 9.17) is 11.6 Å². The van der Waals surface area contributed by atoms with Gasteiger partial charge in [0.05, 0.1) is 11.7 Å². The van der Waals surface area contributed by atoms with Crippen LogP contribution in [0, 0.1) is 20.8 Å². The minimum atomic E-state index is -0.0770. The van der Waals surface area contributed by atoms with Gasteiger partial charge in [0.15, 0.2) is 0 Å². The van der Waals surface area contributed by atoms with Gasteiger partial charge in [-0.15, -0.1) is 0 Å². The van der Waals surface area contributed by atoms with Crippen LogP contribution in [0.3, 0.4) is 0 Å². The van der Waals surface area contributed by atoms with Gasteiger partial charge in [-0.05, 0) is 51.3 Å². The molecule has 2 heterocycles. The van der Waals surface area contributed by atoms with E-state index in [1.165, 1.54) is 0 Å². The van der Waals surface area contributed by atoms with Crippen molar-refractivity contribution in [3.05, 3.63) is 45.7 Å². The molecule has 25 heavy (non-hydrogen) atoms. The van der Waals surface area contributed by atoms with Crippen molar-refractivity contribution in [3.63, 3.8) is 0 Å². The number of aromatic nitrogens is 2. The van der Waals surface area contributed by atoms with Crippen LogP contribution in [-0.4, -0.2) is 27.7 Å². The molecule has 0 aliphatic carbocycles. The van der Waals surface area contributed by atoms with Crippen LogP contribution in [0.25, 0.3) is 0 Å². The molecular formula is C19H25ClN4O. The first-order valence-corrected chi connectivity index (χ1v) is 9.20. The van der Waals surface area contributed by atoms with Crippen molar-refractivity contribution in [1.29, 1.82) is 0 Å². The first-order chi connectivity index (χ1) is 12.0. The molecule has 3 rings (SSSR count). The number of rotatable bonds is 2. The minimum Gasteiger partial charge on any atom is -0.317 e. The molecule has 1 fully saturated rings. The van der Waals surface area contributed by atoms with Gasteiger partial charge in [0.25, 0.3) is 0 Å². The number of aryl methyl sites for hydroxylation is 3. The van der Waals surface area contributed by atoms with Gasteiger partial charge in [0, 0.05) is 28.5 Å². The fourth-order valence-electron chi connectivity index (χ4n) is 3.57. The molecule has 2 aromatic rings. The molecule has 6 heteroatoms. The van der Waals surface area contributed by atoms with Crippen LogP contribution in [0.4, 0.5) is 10.5 Å². The van der Waals surface area contributed by atoms with E-state index in [1.54, 1.807) is 6.07 Å². The molecule has 1 atom stereocenters. The van der Waals surface area contributed by atoms with E-state index in [0.29, 0.717) is 5.02 Å². The van der Waals surface area contributed by atoms with E-state index in [1.807, 2.05) is 37.8 Å². The Hall–Kier alpha value is -2.01. The number of nitrogens with zero attached hydrogens (tertiary/aromatic N) is 2. The van der Waals surface area contributed by atoms with E-state index in [9.17, 15) is 4.79 Å². The van der Waals surface area contributed by atoms with Crippen molar-refractivity contribution < 1.29 is 4.79 Å². The molecule has 2 N–H and O–H groups in total. The number of anilines is 1. The SMILES string of the molecule is Cc1ccc(NC(=O)N2CCCCC[C@@H]2c2c(C)n[nH]c2C)cc1Cl. The first kappa shape index (κ1) is 17.8. The van der Waals surface area contributed by atoms with Crippen molar-refractivity contribution in [3.8, 4) is 0 Å². The largest absolute Gasteiger partial charge is 0.322 e. The van der Waals surface area contributed by atoms with Crippen molar-refractivity contribution >= 4 is 23.3 Å². The van der Waals surface area contributed by atoms with Gasteiger partial charge >= 0.3 is 6.03 Å². The van der Waals surface area contributed by atoms with Crippen LogP contribution in [0.1, 0.15) is 54.2 Å². The van der Waals surface area contributed by atoms with E-state index in [0.717, 1.165) is 60.4 Å². The van der Waals surface area contributed by atoms with E-state index >= 15 is 0 Å². The van der Waals surface area contributed by atoms with Gasteiger partial charge in [0.1, 0.15) is 0 Å². The number of amides is 2. The number of hydrogen-bond acceptors (Lipinski definition) is 2. The summed E-state index contributed by atoms with van der Waals surface area (Å²) in [6.45, 7) is 6.72. The predicted octanol–water partition coefficient (Wildman–Crippen LogP) is 5.14. The highest BCUT2D eigenvalue weighted by molar-refractivity contribution is 6.31. The van der Waals surface area contributed by atoms with Crippen molar-refractivity contribution in [2.75, 3.05) is 11.9 Å². The highest BCUT2D eigenvalue weighted by Gasteiger charge is 2.30. The molecule has 1 aromatic carbocycles. The lowest BCUT2D eigenvalue weighted by molar-refractivity contribution is 0.189. The Bertz CT molecular complexity index is 751. The quantitative estimate of drug-likeness (QED) is 0.779. The maximum absolute atomic E-state index is 13.0. The molecule has 0 unspecified atom stereocenters. The topological polar surface area (TPSA) is 61.0 Å². The Balaban J connectivity index is 1.85. The lowest BCUT2D eigenvalue weighted by atomic mass is 9.99. The number of H-pyrrole nitrogens is 1. The molecule has 2 amide bonds. The number of benzene rings is 1. The average molecular weight is 361 g/mol. The zero-order valence-corrected chi connectivity index (χ0v) is 15.8. The second-order valence-corrected chi connectivity index (χ2v) is 7.21. The standard InChI is InChI=1S/C19H25ClN4O/c1-12-8-9-15(11-16(12)20)21-19(25)24-10-6-4-5-7-17(24)18-13(2)22-23-14(18)3/h8-9,11,17H,4-7,10H2,1-3H3,(H,21,25)(H,22,23)/t17-/m1/s1. The molecule has 0 saturated carbocycles. The molecule has 1 aliphatic heterocycles. The molecule has 1 aromatic heterocycles. The number of nitrogens with one attached hydrogen (secondary N) is 2. The summed E-state index contributed by atoms with van der Waals surface area (Å²) in [4.78, 5) is 14.9. The first-order valence-electron chi connectivity index (χ1n) is 8.82. The van der Waals surface area contributed by atoms with Crippen LogP contribution in [0.5, 0.6) is 0 Å². The number of likely N-dealkylation sites (tertiary alicyclic amines) is 1. The highest BCUT2D eigenvalue weighted by atomic mass is 35.5. The minimum absolute atomic E-state index is 0.0576. The van der Waals surface area contributed by atoms with E-state index in [2.05, 4.69) is 15.5 Å². The number of carbonyl (C=O) groups is 1. The molecule has 5 nitrogen and oxygen atoms in total. The summed E-state index contributed by atoms with van der Waals surface area (Å²) in [6.07, 6.45) is 4.25. The lowest BCUT2D eigenvalue weighted by Gasteiger charge is -2.30. The molecule has 0 radical (unpaired) electrons. The zero-order chi connectivity index (χ0) is 18.0. The number of carbonyl (C=O) groups excluding carboxylic acids is 1. The summed E-state index contributed by atoms with van der Waals surface area (Å²) < 4.78 is 0. The molecule has 134 valence electrons. The number of aromatic amines is 1. The maximum atomic E-state index is 13.0. The third kappa shape index (κ3) is 3.82. The summed E-state index contributed by atoms with van der Waals surface area (Å²) in [5, 5.41) is 11.0. The number of urea groups is 1. The summed E-state index contributed by atoms with van der Waals surface area (Å²) in [7, 11) is 0. The Morgan fingerprint density at radius 2 is 2.08 bits per heavy atom.